The smallest absolute Gasteiger partial charge is 0.309 e. The van der Waals surface area contributed by atoms with E-state index in [0.29, 0.717) is 25.7 Å². The molecule has 0 spiro atoms. The van der Waals surface area contributed by atoms with Crippen molar-refractivity contribution in [3.63, 3.8) is 0 Å². The van der Waals surface area contributed by atoms with E-state index in [4.69, 9.17) is 16.3 Å². The van der Waals surface area contributed by atoms with Gasteiger partial charge in [0.1, 0.15) is 5.02 Å². The number of nitrogens with zero attached hydrogens (tertiary/aromatic N) is 1. The van der Waals surface area contributed by atoms with E-state index in [1.807, 2.05) is 0 Å². The molecule has 1 fully saturated rings. The van der Waals surface area contributed by atoms with Gasteiger partial charge in [-0.25, -0.2) is 8.42 Å². The van der Waals surface area contributed by atoms with Gasteiger partial charge in [0.25, 0.3) is 5.69 Å². The zero-order valence-corrected chi connectivity index (χ0v) is 16.0. The first-order valence-electron chi connectivity index (χ1n) is 8.26. The molecule has 0 amide bonds. The summed E-state index contributed by atoms with van der Waals surface area (Å²) in [6, 6.07) is 3.74. The summed E-state index contributed by atoms with van der Waals surface area (Å²) in [7, 11) is -3.73. The van der Waals surface area contributed by atoms with Gasteiger partial charge in [-0.1, -0.05) is 11.6 Å². The van der Waals surface area contributed by atoms with Gasteiger partial charge < -0.3 is 4.74 Å². The maximum absolute atomic E-state index is 12.5. The zero-order chi connectivity index (χ0) is 19.5. The van der Waals surface area contributed by atoms with Crippen LogP contribution in [-0.2, 0) is 19.6 Å². The molecule has 1 aliphatic carbocycles. The lowest BCUT2D eigenvalue weighted by Crippen LogP contribution is -2.34. The fraction of sp³-hybridized carbons (Fsp3) is 0.562. The number of sulfonamides is 1. The average Bonchev–Trinajstić information content (AvgIpc) is 2.55. The van der Waals surface area contributed by atoms with Crippen molar-refractivity contribution in [3.8, 4) is 0 Å². The maximum atomic E-state index is 12.5. The van der Waals surface area contributed by atoms with Gasteiger partial charge in [-0.2, -0.15) is 0 Å². The predicted molar refractivity (Wildman–Crippen MR) is 97.6 cm³/mol. The maximum Gasteiger partial charge on any atom is 0.309 e. The summed E-state index contributed by atoms with van der Waals surface area (Å²) in [5, 5.41) is 10.2. The molecule has 0 unspecified atom stereocenters. The van der Waals surface area contributed by atoms with E-state index in [0.717, 1.165) is 6.07 Å². The third kappa shape index (κ3) is 5.07. The summed E-state index contributed by atoms with van der Waals surface area (Å²) >= 11 is 5.73. The van der Waals surface area contributed by atoms with Crippen LogP contribution >= 0.6 is 11.6 Å². The third-order valence-electron chi connectivity index (χ3n) is 4.20. The van der Waals surface area contributed by atoms with Crippen LogP contribution in [0.1, 0.15) is 39.5 Å². The van der Waals surface area contributed by atoms with Crippen molar-refractivity contribution in [1.82, 2.24) is 0 Å². The Hall–Kier alpha value is -1.87. The molecule has 8 nitrogen and oxygen atoms in total. The van der Waals surface area contributed by atoms with Crippen LogP contribution in [0.3, 0.4) is 0 Å². The fourth-order valence-corrected chi connectivity index (χ4v) is 4.60. The van der Waals surface area contributed by atoms with Gasteiger partial charge in [0.2, 0.25) is 10.0 Å². The first-order valence-corrected chi connectivity index (χ1v) is 10.2. The van der Waals surface area contributed by atoms with Crippen LogP contribution in [0.5, 0.6) is 0 Å². The van der Waals surface area contributed by atoms with E-state index in [9.17, 15) is 23.3 Å². The van der Waals surface area contributed by atoms with Crippen molar-refractivity contribution < 1.29 is 22.9 Å². The van der Waals surface area contributed by atoms with Crippen molar-refractivity contribution in [2.45, 2.75) is 50.9 Å². The lowest BCUT2D eigenvalue weighted by Gasteiger charge is -2.27. The normalized spacial score (nSPS) is 20.6. The standard InChI is InChI=1S/C16H21ClN2O6S/c1-10(2)25-16(20)11-3-6-13(7-4-11)26(23,24)18-12-5-8-14(17)15(9-12)19(21)22/h5,8-11,13,18H,3-4,6-7H2,1-2H3. The molecule has 0 radical (unpaired) electrons. The summed E-state index contributed by atoms with van der Waals surface area (Å²) in [5.41, 5.74) is -0.283. The molecule has 1 aromatic carbocycles. The lowest BCUT2D eigenvalue weighted by atomic mass is 9.89. The number of carbonyl (C=O) groups excluding carboxylic acids is 1. The summed E-state index contributed by atoms with van der Waals surface area (Å²) in [4.78, 5) is 22.2. The Kier molecular flexibility index (Phi) is 6.46. The zero-order valence-electron chi connectivity index (χ0n) is 14.5. The van der Waals surface area contributed by atoms with Gasteiger partial charge in [0.15, 0.2) is 0 Å². The number of nitrogens with one attached hydrogen (secondary N) is 1. The number of hydrogen-bond acceptors (Lipinski definition) is 6. The number of benzene rings is 1. The van der Waals surface area contributed by atoms with E-state index in [1.54, 1.807) is 13.8 Å². The summed E-state index contributed by atoms with van der Waals surface area (Å²) in [5.74, 6) is -0.586. The molecule has 10 heteroatoms. The van der Waals surface area contributed by atoms with Gasteiger partial charge in [-0.05, 0) is 51.7 Å². The first kappa shape index (κ1) is 20.4. The number of nitro benzene ring substituents is 1. The van der Waals surface area contributed by atoms with Gasteiger partial charge in [0.05, 0.1) is 27.9 Å². The molecule has 1 aliphatic rings. The monoisotopic (exact) mass is 404 g/mol. The van der Waals surface area contributed by atoms with Crippen LogP contribution in [0, 0.1) is 16.0 Å². The second-order valence-corrected chi connectivity index (χ2v) is 8.90. The second kappa shape index (κ2) is 8.22. The Morgan fingerprint density at radius 2 is 1.92 bits per heavy atom. The number of esters is 1. The van der Waals surface area contributed by atoms with Gasteiger partial charge in [-0.15, -0.1) is 0 Å². The Morgan fingerprint density at radius 1 is 1.31 bits per heavy atom. The molecule has 144 valence electrons. The molecular weight excluding hydrogens is 384 g/mol. The van der Waals surface area contributed by atoms with E-state index >= 15 is 0 Å². The average molecular weight is 405 g/mol. The van der Waals surface area contributed by atoms with Crippen molar-refractivity contribution in [1.29, 1.82) is 0 Å². The Labute approximate surface area is 157 Å². The highest BCUT2D eigenvalue weighted by molar-refractivity contribution is 7.93. The third-order valence-corrected chi connectivity index (χ3v) is 6.39. The molecule has 0 bridgehead atoms. The van der Waals surface area contributed by atoms with Gasteiger partial charge in [0, 0.05) is 6.07 Å². The summed E-state index contributed by atoms with van der Waals surface area (Å²) in [6.07, 6.45) is 1.30. The molecule has 1 aromatic rings. The number of nitro groups is 1. The molecule has 0 saturated heterocycles. The topological polar surface area (TPSA) is 116 Å². The molecule has 2 rings (SSSR count). The van der Waals surface area contributed by atoms with Crippen LogP contribution in [0.25, 0.3) is 0 Å². The van der Waals surface area contributed by atoms with E-state index in [-0.39, 0.29) is 34.4 Å². The van der Waals surface area contributed by atoms with Gasteiger partial charge >= 0.3 is 5.97 Å². The highest BCUT2D eigenvalue weighted by Crippen LogP contribution is 2.32. The SMILES string of the molecule is CC(C)OC(=O)C1CCC(S(=O)(=O)Nc2ccc(Cl)c([N+](=O)[O-])c2)CC1. The molecule has 26 heavy (non-hydrogen) atoms. The highest BCUT2D eigenvalue weighted by atomic mass is 35.5. The Bertz CT molecular complexity index is 788. The van der Waals surface area contributed by atoms with Crippen LogP contribution in [0.2, 0.25) is 5.02 Å². The number of anilines is 1. The predicted octanol–water partition coefficient (Wildman–Crippen LogP) is 3.50. The van der Waals surface area contributed by atoms with Crippen LogP contribution in [0.15, 0.2) is 18.2 Å². The van der Waals surface area contributed by atoms with Crippen LogP contribution in [0.4, 0.5) is 11.4 Å². The quantitative estimate of drug-likeness (QED) is 0.440. The minimum Gasteiger partial charge on any atom is -0.463 e. The molecular formula is C16H21ClN2O6S. The minimum absolute atomic E-state index is 0.0675. The number of hydrogen-bond donors (Lipinski definition) is 1. The number of ether oxygens (including phenoxy) is 1. The lowest BCUT2D eigenvalue weighted by molar-refractivity contribution is -0.384. The van der Waals surface area contributed by atoms with Crippen molar-refractivity contribution in [3.05, 3.63) is 33.3 Å². The Balaban J connectivity index is 2.03. The van der Waals surface area contributed by atoms with E-state index < -0.39 is 20.2 Å². The molecule has 0 heterocycles. The van der Waals surface area contributed by atoms with Crippen LogP contribution in [-0.4, -0.2) is 30.7 Å². The molecule has 1 N–H and O–H groups in total. The molecule has 0 aliphatic heterocycles. The fourth-order valence-electron chi connectivity index (χ4n) is 2.90. The second-order valence-electron chi connectivity index (χ2n) is 6.53. The first-order chi connectivity index (χ1) is 12.1. The van der Waals surface area contributed by atoms with Crippen molar-refractivity contribution >= 4 is 39.0 Å². The molecule has 0 aromatic heterocycles. The largest absolute Gasteiger partial charge is 0.463 e. The Morgan fingerprint density at radius 3 is 2.46 bits per heavy atom. The summed E-state index contributed by atoms with van der Waals surface area (Å²) < 4.78 is 32.6. The van der Waals surface area contributed by atoms with Crippen molar-refractivity contribution in [2.24, 2.45) is 5.92 Å². The van der Waals surface area contributed by atoms with Crippen molar-refractivity contribution in [2.75, 3.05) is 4.72 Å². The number of halogens is 1. The summed E-state index contributed by atoms with van der Waals surface area (Å²) in [6.45, 7) is 3.53. The molecule has 0 atom stereocenters. The molecule has 1 saturated carbocycles. The van der Waals surface area contributed by atoms with Gasteiger partial charge in [-0.3, -0.25) is 19.6 Å². The van der Waals surface area contributed by atoms with Crippen LogP contribution < -0.4 is 4.72 Å². The van der Waals surface area contributed by atoms with E-state index in [2.05, 4.69) is 4.72 Å². The van der Waals surface area contributed by atoms with E-state index in [1.165, 1.54) is 12.1 Å². The highest BCUT2D eigenvalue weighted by Gasteiger charge is 2.34. The minimum atomic E-state index is -3.73. The number of carbonyl (C=O) groups is 1. The number of rotatable bonds is 6.